The number of benzene rings is 3. The van der Waals surface area contributed by atoms with Gasteiger partial charge in [0, 0.05) is 0 Å². The molecule has 1 atom stereocenters. The van der Waals surface area contributed by atoms with Crippen LogP contribution in [0.25, 0.3) is 0 Å². The topological polar surface area (TPSA) is 27.7 Å². The zero-order valence-electron chi connectivity index (χ0n) is 17.2. The van der Waals surface area contributed by atoms with Gasteiger partial charge < -0.3 is 14.2 Å². The standard InChI is InChI=1S/C24H21ClF4O3/c1-2-31-23-11-6-17(13-22(23)25)21(24(27,28)29)15-30-14-16-4-3-5-20(12-16)32-19-9-7-18(26)8-10-19/h3-13,21H,2,14-15H2,1H3. The Bertz CT molecular complexity index is 1020. The van der Waals surface area contributed by atoms with Gasteiger partial charge in [-0.3, -0.25) is 0 Å². The van der Waals surface area contributed by atoms with Gasteiger partial charge in [0.1, 0.15) is 29.0 Å². The molecule has 0 aromatic heterocycles. The van der Waals surface area contributed by atoms with Crippen molar-refractivity contribution >= 4 is 11.6 Å². The van der Waals surface area contributed by atoms with Crippen LogP contribution in [0.5, 0.6) is 17.2 Å². The first-order chi connectivity index (χ1) is 15.3. The van der Waals surface area contributed by atoms with Gasteiger partial charge in [-0.1, -0.05) is 29.8 Å². The summed E-state index contributed by atoms with van der Waals surface area (Å²) in [5.74, 6) is -0.989. The summed E-state index contributed by atoms with van der Waals surface area (Å²) in [6.07, 6.45) is -4.51. The van der Waals surface area contributed by atoms with E-state index in [9.17, 15) is 17.6 Å². The molecular weight excluding hydrogens is 448 g/mol. The molecule has 0 saturated heterocycles. The summed E-state index contributed by atoms with van der Waals surface area (Å²) in [6.45, 7) is 1.50. The molecule has 0 aliphatic carbocycles. The second kappa shape index (κ2) is 10.7. The van der Waals surface area contributed by atoms with Gasteiger partial charge in [0.2, 0.25) is 0 Å². The number of ether oxygens (including phenoxy) is 3. The second-order valence-electron chi connectivity index (χ2n) is 6.94. The maximum atomic E-state index is 13.6. The van der Waals surface area contributed by atoms with Crippen LogP contribution in [-0.4, -0.2) is 19.4 Å². The van der Waals surface area contributed by atoms with Crippen molar-refractivity contribution in [2.24, 2.45) is 0 Å². The van der Waals surface area contributed by atoms with Crippen LogP contribution in [0, 0.1) is 5.82 Å². The van der Waals surface area contributed by atoms with Crippen LogP contribution in [0.2, 0.25) is 5.02 Å². The van der Waals surface area contributed by atoms with Crippen LogP contribution in [0.3, 0.4) is 0 Å². The normalized spacial score (nSPS) is 12.4. The van der Waals surface area contributed by atoms with Crippen LogP contribution in [0.1, 0.15) is 24.0 Å². The molecule has 8 heteroatoms. The van der Waals surface area contributed by atoms with E-state index in [2.05, 4.69) is 0 Å². The van der Waals surface area contributed by atoms with Gasteiger partial charge in [0.25, 0.3) is 0 Å². The molecule has 0 heterocycles. The van der Waals surface area contributed by atoms with Crippen molar-refractivity contribution in [1.82, 2.24) is 0 Å². The van der Waals surface area contributed by atoms with Crippen LogP contribution in [0.15, 0.2) is 66.7 Å². The SMILES string of the molecule is CCOc1ccc(C(COCc2cccc(Oc3ccc(F)cc3)c2)C(F)(F)F)cc1Cl. The monoisotopic (exact) mass is 468 g/mol. The van der Waals surface area contributed by atoms with Crippen molar-refractivity contribution in [1.29, 1.82) is 0 Å². The fourth-order valence-corrected chi connectivity index (χ4v) is 3.26. The molecule has 0 N–H and O–H groups in total. The van der Waals surface area contributed by atoms with Crippen molar-refractivity contribution in [3.63, 3.8) is 0 Å². The highest BCUT2D eigenvalue weighted by atomic mass is 35.5. The summed E-state index contributed by atoms with van der Waals surface area (Å²) in [6, 6.07) is 16.3. The second-order valence-corrected chi connectivity index (χ2v) is 7.34. The third kappa shape index (κ3) is 6.61. The summed E-state index contributed by atoms with van der Waals surface area (Å²) in [5.41, 5.74) is 0.634. The predicted octanol–water partition coefficient (Wildman–Crippen LogP) is 7.53. The van der Waals surface area contributed by atoms with Gasteiger partial charge in [-0.25, -0.2) is 4.39 Å². The van der Waals surface area contributed by atoms with E-state index in [4.69, 9.17) is 25.8 Å². The minimum Gasteiger partial charge on any atom is -0.492 e. The zero-order chi connectivity index (χ0) is 23.1. The van der Waals surface area contributed by atoms with Gasteiger partial charge in [-0.15, -0.1) is 0 Å². The maximum Gasteiger partial charge on any atom is 0.397 e. The minimum atomic E-state index is -4.51. The molecule has 32 heavy (non-hydrogen) atoms. The van der Waals surface area contributed by atoms with E-state index in [0.717, 1.165) is 0 Å². The highest BCUT2D eigenvalue weighted by molar-refractivity contribution is 6.32. The Morgan fingerprint density at radius 2 is 1.69 bits per heavy atom. The molecule has 3 rings (SSSR count). The van der Waals surface area contributed by atoms with Crippen LogP contribution < -0.4 is 9.47 Å². The van der Waals surface area contributed by atoms with E-state index >= 15 is 0 Å². The first kappa shape index (κ1) is 23.9. The summed E-state index contributed by atoms with van der Waals surface area (Å²) in [7, 11) is 0. The lowest BCUT2D eigenvalue weighted by Crippen LogP contribution is -2.25. The van der Waals surface area contributed by atoms with Crippen molar-refractivity contribution in [3.05, 3.63) is 88.7 Å². The zero-order valence-corrected chi connectivity index (χ0v) is 17.9. The number of hydrogen-bond acceptors (Lipinski definition) is 3. The molecule has 0 aliphatic rings. The third-order valence-corrected chi connectivity index (χ3v) is 4.85. The lowest BCUT2D eigenvalue weighted by Gasteiger charge is -2.21. The smallest absolute Gasteiger partial charge is 0.397 e. The number of halogens is 5. The van der Waals surface area contributed by atoms with Gasteiger partial charge >= 0.3 is 6.18 Å². The van der Waals surface area contributed by atoms with Crippen molar-refractivity contribution in [2.45, 2.75) is 25.6 Å². The molecule has 0 bridgehead atoms. The molecule has 170 valence electrons. The maximum absolute atomic E-state index is 13.6. The van der Waals surface area contributed by atoms with E-state index < -0.39 is 18.7 Å². The Labute approximate surface area is 188 Å². The quantitative estimate of drug-likeness (QED) is 0.304. The van der Waals surface area contributed by atoms with E-state index in [0.29, 0.717) is 29.4 Å². The summed E-state index contributed by atoms with van der Waals surface area (Å²) in [5, 5.41) is 0.115. The molecule has 0 fully saturated rings. The van der Waals surface area contributed by atoms with Crippen molar-refractivity contribution in [2.75, 3.05) is 13.2 Å². The van der Waals surface area contributed by atoms with Gasteiger partial charge in [0.05, 0.1) is 24.8 Å². The van der Waals surface area contributed by atoms with Crippen LogP contribution in [-0.2, 0) is 11.3 Å². The molecule has 0 radical (unpaired) electrons. The molecule has 3 aromatic carbocycles. The fraction of sp³-hybridized carbons (Fsp3) is 0.250. The summed E-state index contributed by atoms with van der Waals surface area (Å²) >= 11 is 6.06. The highest BCUT2D eigenvalue weighted by Gasteiger charge is 2.41. The van der Waals surface area contributed by atoms with Crippen LogP contribution in [0.4, 0.5) is 17.6 Å². The van der Waals surface area contributed by atoms with E-state index in [-0.39, 0.29) is 23.0 Å². The van der Waals surface area contributed by atoms with Gasteiger partial charge in [0.15, 0.2) is 0 Å². The Balaban J connectivity index is 1.65. The first-order valence-electron chi connectivity index (χ1n) is 9.85. The molecule has 3 aromatic rings. The Morgan fingerprint density at radius 3 is 2.34 bits per heavy atom. The van der Waals surface area contributed by atoms with E-state index in [1.54, 1.807) is 31.2 Å². The molecule has 3 nitrogen and oxygen atoms in total. The predicted molar refractivity (Wildman–Crippen MR) is 114 cm³/mol. The molecule has 1 unspecified atom stereocenters. The Kier molecular flexibility index (Phi) is 7.99. The van der Waals surface area contributed by atoms with E-state index in [1.807, 2.05) is 0 Å². The average Bonchev–Trinajstić information content (AvgIpc) is 2.74. The van der Waals surface area contributed by atoms with Gasteiger partial charge in [-0.2, -0.15) is 13.2 Å². The van der Waals surface area contributed by atoms with Crippen molar-refractivity contribution in [3.8, 4) is 17.2 Å². The summed E-state index contributed by atoms with van der Waals surface area (Å²) < 4.78 is 70.3. The molecule has 0 saturated carbocycles. The largest absolute Gasteiger partial charge is 0.492 e. The molecular formula is C24H21ClF4O3. The summed E-state index contributed by atoms with van der Waals surface area (Å²) in [4.78, 5) is 0. The Morgan fingerprint density at radius 1 is 0.938 bits per heavy atom. The molecule has 0 amide bonds. The molecule has 0 spiro atoms. The fourth-order valence-electron chi connectivity index (χ4n) is 3.02. The van der Waals surface area contributed by atoms with Gasteiger partial charge in [-0.05, 0) is 66.6 Å². The lowest BCUT2D eigenvalue weighted by atomic mass is 9.99. The van der Waals surface area contributed by atoms with Crippen molar-refractivity contribution < 1.29 is 31.8 Å². The molecule has 0 aliphatic heterocycles. The van der Waals surface area contributed by atoms with Crippen LogP contribution >= 0.6 is 11.6 Å². The number of rotatable bonds is 9. The number of alkyl halides is 3. The highest BCUT2D eigenvalue weighted by Crippen LogP contribution is 2.38. The number of hydrogen-bond donors (Lipinski definition) is 0. The lowest BCUT2D eigenvalue weighted by molar-refractivity contribution is -0.163. The minimum absolute atomic E-state index is 0.000605. The third-order valence-electron chi connectivity index (χ3n) is 4.55. The average molecular weight is 469 g/mol. The first-order valence-corrected chi connectivity index (χ1v) is 10.2. The Hall–Kier alpha value is -2.77. The van der Waals surface area contributed by atoms with E-state index in [1.165, 1.54) is 42.5 Å².